The minimum absolute atomic E-state index is 0.365. The molecular formula is C20H20BrN. The Morgan fingerprint density at radius 1 is 1.14 bits per heavy atom. The molecule has 112 valence electrons. The van der Waals surface area contributed by atoms with Crippen LogP contribution in [-0.2, 0) is 0 Å². The molecule has 0 radical (unpaired) electrons. The van der Waals surface area contributed by atoms with Crippen molar-refractivity contribution < 1.29 is 0 Å². The highest BCUT2D eigenvalue weighted by atomic mass is 79.9. The van der Waals surface area contributed by atoms with Gasteiger partial charge in [-0.15, -0.1) is 0 Å². The van der Waals surface area contributed by atoms with Crippen molar-refractivity contribution in [2.24, 2.45) is 5.92 Å². The van der Waals surface area contributed by atoms with Crippen LogP contribution >= 0.6 is 15.9 Å². The summed E-state index contributed by atoms with van der Waals surface area (Å²) in [5.74, 6) is 1.14. The second-order valence-electron chi connectivity index (χ2n) is 6.54. The fourth-order valence-electron chi connectivity index (χ4n) is 4.18. The quantitative estimate of drug-likeness (QED) is 0.630. The average molecular weight is 354 g/mol. The van der Waals surface area contributed by atoms with Crippen LogP contribution in [0.3, 0.4) is 0 Å². The molecule has 1 aliphatic heterocycles. The Balaban J connectivity index is 1.86. The van der Waals surface area contributed by atoms with E-state index in [4.69, 9.17) is 0 Å². The smallest absolute Gasteiger partial charge is 0.0565 e. The number of halogens is 1. The van der Waals surface area contributed by atoms with E-state index in [0.717, 1.165) is 6.42 Å². The summed E-state index contributed by atoms with van der Waals surface area (Å²) in [7, 11) is 0. The summed E-state index contributed by atoms with van der Waals surface area (Å²) >= 11 is 3.74. The van der Waals surface area contributed by atoms with E-state index in [0.29, 0.717) is 17.9 Å². The van der Waals surface area contributed by atoms with Gasteiger partial charge in [-0.2, -0.15) is 0 Å². The zero-order valence-corrected chi connectivity index (χ0v) is 14.5. The zero-order valence-electron chi connectivity index (χ0n) is 12.9. The Kier molecular flexibility index (Phi) is 3.37. The summed E-state index contributed by atoms with van der Waals surface area (Å²) in [6.07, 6.45) is 5.92. The number of hydrogen-bond acceptors (Lipinski definition) is 1. The van der Waals surface area contributed by atoms with E-state index in [1.807, 2.05) is 0 Å². The van der Waals surface area contributed by atoms with Crippen LogP contribution in [0.2, 0.25) is 0 Å². The van der Waals surface area contributed by atoms with Gasteiger partial charge in [0.25, 0.3) is 0 Å². The molecule has 22 heavy (non-hydrogen) atoms. The molecule has 1 aliphatic carbocycles. The Hall–Kier alpha value is -1.54. The molecule has 0 aromatic heterocycles. The monoisotopic (exact) mass is 353 g/mol. The standard InChI is InChI=1S/C20H20BrN/c1-12-10-13(2)19-14-7-5-8-15(14)20(22-18(19)11-12)16-6-3-4-9-17(16)21/h3-7,9-11,14-15,20,22H,8H2,1-2H3/t14-,15+,20+/m1/s1. The lowest BCUT2D eigenvalue weighted by molar-refractivity contribution is 0.423. The molecular weight excluding hydrogens is 334 g/mol. The fraction of sp³-hybridized carbons (Fsp3) is 0.300. The van der Waals surface area contributed by atoms with Gasteiger partial charge in [-0.25, -0.2) is 0 Å². The Morgan fingerprint density at radius 3 is 2.77 bits per heavy atom. The largest absolute Gasteiger partial charge is 0.378 e. The van der Waals surface area contributed by atoms with Crippen LogP contribution < -0.4 is 5.32 Å². The molecule has 2 aromatic rings. The van der Waals surface area contributed by atoms with Gasteiger partial charge in [0.2, 0.25) is 0 Å². The first kappa shape index (κ1) is 14.1. The highest BCUT2D eigenvalue weighted by molar-refractivity contribution is 9.10. The van der Waals surface area contributed by atoms with Crippen LogP contribution in [0.5, 0.6) is 0 Å². The predicted octanol–water partition coefficient (Wildman–Crippen LogP) is 5.89. The number of benzene rings is 2. The van der Waals surface area contributed by atoms with Crippen molar-refractivity contribution in [2.45, 2.75) is 32.2 Å². The number of nitrogens with one attached hydrogen (secondary N) is 1. The molecule has 0 saturated carbocycles. The molecule has 0 amide bonds. The number of fused-ring (bicyclic) bond motifs is 3. The molecule has 3 atom stereocenters. The topological polar surface area (TPSA) is 12.0 Å². The number of hydrogen-bond donors (Lipinski definition) is 1. The number of anilines is 1. The van der Waals surface area contributed by atoms with Crippen molar-refractivity contribution in [3.8, 4) is 0 Å². The normalized spacial score (nSPS) is 25.5. The van der Waals surface area contributed by atoms with Crippen LogP contribution in [0.25, 0.3) is 0 Å². The van der Waals surface area contributed by atoms with Crippen molar-refractivity contribution in [2.75, 3.05) is 5.32 Å². The van der Waals surface area contributed by atoms with Crippen LogP contribution in [0.4, 0.5) is 5.69 Å². The van der Waals surface area contributed by atoms with Gasteiger partial charge < -0.3 is 5.32 Å². The van der Waals surface area contributed by atoms with Crippen molar-refractivity contribution in [1.29, 1.82) is 0 Å². The molecule has 1 N–H and O–H groups in total. The summed E-state index contributed by atoms with van der Waals surface area (Å²) in [6, 6.07) is 13.6. The molecule has 2 heteroatoms. The van der Waals surface area contributed by atoms with Crippen LogP contribution in [0.15, 0.2) is 53.0 Å². The summed E-state index contributed by atoms with van der Waals surface area (Å²) in [6.45, 7) is 4.43. The van der Waals surface area contributed by atoms with E-state index in [9.17, 15) is 0 Å². The molecule has 1 nitrogen and oxygen atoms in total. The van der Waals surface area contributed by atoms with Crippen molar-refractivity contribution in [3.05, 3.63) is 75.3 Å². The van der Waals surface area contributed by atoms with E-state index in [1.54, 1.807) is 0 Å². The first-order valence-corrected chi connectivity index (χ1v) is 8.73. The minimum atomic E-state index is 0.365. The third-order valence-electron chi connectivity index (χ3n) is 5.06. The van der Waals surface area contributed by atoms with Gasteiger partial charge in [0.1, 0.15) is 0 Å². The van der Waals surface area contributed by atoms with Gasteiger partial charge in [0, 0.05) is 16.1 Å². The molecule has 1 heterocycles. The number of allylic oxidation sites excluding steroid dienone is 2. The lowest BCUT2D eigenvalue weighted by Crippen LogP contribution is -2.30. The van der Waals surface area contributed by atoms with E-state index in [-0.39, 0.29) is 0 Å². The molecule has 2 aromatic carbocycles. The summed E-state index contributed by atoms with van der Waals surface area (Å²) in [5, 5.41) is 3.84. The molecule has 0 fully saturated rings. The highest BCUT2D eigenvalue weighted by Crippen LogP contribution is 2.51. The van der Waals surface area contributed by atoms with E-state index < -0.39 is 0 Å². The molecule has 2 aliphatic rings. The maximum Gasteiger partial charge on any atom is 0.0565 e. The predicted molar refractivity (Wildman–Crippen MR) is 96.4 cm³/mol. The highest BCUT2D eigenvalue weighted by Gasteiger charge is 2.39. The Labute approximate surface area is 140 Å². The van der Waals surface area contributed by atoms with Crippen LogP contribution in [0, 0.1) is 19.8 Å². The first-order chi connectivity index (χ1) is 10.6. The minimum Gasteiger partial charge on any atom is -0.378 e. The van der Waals surface area contributed by atoms with Gasteiger partial charge >= 0.3 is 0 Å². The molecule has 4 rings (SSSR count). The summed E-state index contributed by atoms with van der Waals surface area (Å²) in [4.78, 5) is 0. The van der Waals surface area contributed by atoms with E-state index in [2.05, 4.69) is 83.6 Å². The maximum atomic E-state index is 3.84. The summed E-state index contributed by atoms with van der Waals surface area (Å²) < 4.78 is 1.20. The second-order valence-corrected chi connectivity index (χ2v) is 7.39. The van der Waals surface area contributed by atoms with Crippen LogP contribution in [-0.4, -0.2) is 0 Å². The van der Waals surface area contributed by atoms with E-state index in [1.165, 1.54) is 32.4 Å². The molecule has 0 bridgehead atoms. The maximum absolute atomic E-state index is 3.84. The van der Waals surface area contributed by atoms with Gasteiger partial charge in [0.15, 0.2) is 0 Å². The first-order valence-electron chi connectivity index (χ1n) is 7.94. The third kappa shape index (κ3) is 2.13. The SMILES string of the molecule is Cc1cc(C)c2c(c1)N[C@H](c1ccccc1Br)[C@H]1CC=C[C@@H]21. The third-order valence-corrected chi connectivity index (χ3v) is 5.78. The Bertz CT molecular complexity index is 762. The molecule has 0 saturated heterocycles. The van der Waals surface area contributed by atoms with Gasteiger partial charge in [-0.3, -0.25) is 0 Å². The number of aryl methyl sites for hydroxylation is 2. The van der Waals surface area contributed by atoms with Crippen molar-refractivity contribution >= 4 is 21.6 Å². The van der Waals surface area contributed by atoms with Crippen LogP contribution in [0.1, 0.15) is 40.6 Å². The lowest BCUT2D eigenvalue weighted by Gasteiger charge is -2.39. The van der Waals surface area contributed by atoms with Gasteiger partial charge in [-0.1, -0.05) is 52.3 Å². The van der Waals surface area contributed by atoms with Crippen molar-refractivity contribution in [3.63, 3.8) is 0 Å². The van der Waals surface area contributed by atoms with E-state index >= 15 is 0 Å². The summed E-state index contributed by atoms with van der Waals surface area (Å²) in [5.41, 5.74) is 6.91. The molecule has 0 spiro atoms. The van der Waals surface area contributed by atoms with Gasteiger partial charge in [-0.05, 0) is 60.6 Å². The number of rotatable bonds is 1. The average Bonchev–Trinajstić information content (AvgIpc) is 2.95. The second kappa shape index (κ2) is 5.27. The van der Waals surface area contributed by atoms with Crippen molar-refractivity contribution in [1.82, 2.24) is 0 Å². The fourth-order valence-corrected chi connectivity index (χ4v) is 4.71. The van der Waals surface area contributed by atoms with Gasteiger partial charge in [0.05, 0.1) is 6.04 Å². The molecule has 0 unspecified atom stereocenters. The zero-order chi connectivity index (χ0) is 15.3. The Morgan fingerprint density at radius 2 is 1.95 bits per heavy atom. The lowest BCUT2D eigenvalue weighted by atomic mass is 9.75.